The van der Waals surface area contributed by atoms with Crippen LogP contribution in [0, 0.1) is 0 Å². The number of carbonyl (C=O) groups excluding carboxylic acids is 1. The van der Waals surface area contributed by atoms with Gasteiger partial charge in [0, 0.05) is 29.8 Å². The number of benzene rings is 2. The second-order valence-corrected chi connectivity index (χ2v) is 7.48. The fourth-order valence-corrected chi connectivity index (χ4v) is 3.69. The summed E-state index contributed by atoms with van der Waals surface area (Å²) in [6, 6.07) is 17.5. The van der Waals surface area contributed by atoms with E-state index in [1.165, 1.54) is 0 Å². The Kier molecular flexibility index (Phi) is 7.55. The molecule has 0 saturated heterocycles. The summed E-state index contributed by atoms with van der Waals surface area (Å²) in [6.07, 6.45) is 3.51. The third-order valence-electron chi connectivity index (χ3n) is 5.25. The van der Waals surface area contributed by atoms with Gasteiger partial charge in [-0.1, -0.05) is 48.5 Å². The summed E-state index contributed by atoms with van der Waals surface area (Å²) < 4.78 is 22.7. The maximum Gasteiger partial charge on any atom is 0.286 e. The first kappa shape index (κ1) is 22.1. The molecule has 2 N–H and O–H groups in total. The lowest BCUT2D eigenvalue weighted by molar-refractivity contribution is -0.151. The average molecular weight is 437 g/mol. The normalized spacial score (nSPS) is 18.2. The van der Waals surface area contributed by atoms with Gasteiger partial charge in [0.1, 0.15) is 5.58 Å². The largest absolute Gasteiger partial charge is 0.464 e. The van der Waals surface area contributed by atoms with Crippen molar-refractivity contribution < 1.29 is 28.5 Å². The minimum Gasteiger partial charge on any atom is -0.464 e. The second-order valence-electron chi connectivity index (χ2n) is 7.48. The minimum atomic E-state index is -0.603. The number of aliphatic hydroxyl groups excluding tert-OH is 1. The van der Waals surface area contributed by atoms with Crippen molar-refractivity contribution in [3.63, 3.8) is 0 Å². The predicted octanol–water partition coefficient (Wildman–Crippen LogP) is 3.49. The van der Waals surface area contributed by atoms with Gasteiger partial charge in [-0.15, -0.1) is 0 Å². The number of para-hydroxylation sites is 1. The Morgan fingerprint density at radius 2 is 1.88 bits per heavy atom. The van der Waals surface area contributed by atoms with E-state index < -0.39 is 6.29 Å². The molecule has 0 fully saturated rings. The van der Waals surface area contributed by atoms with Crippen molar-refractivity contribution >= 4 is 16.9 Å². The molecule has 0 bridgehead atoms. The molecule has 168 valence electrons. The van der Waals surface area contributed by atoms with Crippen molar-refractivity contribution in [2.45, 2.75) is 25.2 Å². The van der Waals surface area contributed by atoms with Gasteiger partial charge in [-0.2, -0.15) is 0 Å². The van der Waals surface area contributed by atoms with Gasteiger partial charge in [0.2, 0.25) is 6.29 Å². The number of hydrogen-bond donors (Lipinski definition) is 2. The first-order chi connectivity index (χ1) is 15.7. The molecule has 0 radical (unpaired) electrons. The van der Waals surface area contributed by atoms with Crippen molar-refractivity contribution in [1.82, 2.24) is 5.32 Å². The van der Waals surface area contributed by atoms with Crippen LogP contribution in [-0.4, -0.2) is 43.7 Å². The van der Waals surface area contributed by atoms with Crippen LogP contribution in [0.25, 0.3) is 11.0 Å². The van der Waals surface area contributed by atoms with Crippen LogP contribution in [0.15, 0.2) is 77.1 Å². The Hall–Kier alpha value is -3.13. The number of carbonyl (C=O) groups is 1. The highest BCUT2D eigenvalue weighted by atomic mass is 16.7. The quantitative estimate of drug-likeness (QED) is 0.472. The van der Waals surface area contributed by atoms with E-state index in [2.05, 4.69) is 5.32 Å². The summed E-state index contributed by atoms with van der Waals surface area (Å²) >= 11 is 0. The predicted molar refractivity (Wildman–Crippen MR) is 119 cm³/mol. The number of nitrogens with one attached hydrogen (secondary N) is 1. The van der Waals surface area contributed by atoms with E-state index in [1.807, 2.05) is 60.7 Å². The number of fused-ring (bicyclic) bond motifs is 1. The molecule has 2 aromatic carbocycles. The van der Waals surface area contributed by atoms with Crippen molar-refractivity contribution in [3.05, 3.63) is 83.8 Å². The molecule has 2 unspecified atom stereocenters. The van der Waals surface area contributed by atoms with E-state index in [1.54, 1.807) is 6.26 Å². The molecule has 2 heterocycles. The van der Waals surface area contributed by atoms with Crippen LogP contribution in [0.5, 0.6) is 0 Å². The number of aliphatic hydroxyl groups is 1. The minimum absolute atomic E-state index is 0.0377. The lowest BCUT2D eigenvalue weighted by Crippen LogP contribution is -2.33. The van der Waals surface area contributed by atoms with Crippen LogP contribution in [0.4, 0.5) is 0 Å². The highest BCUT2D eigenvalue weighted by Gasteiger charge is 2.30. The summed E-state index contributed by atoms with van der Waals surface area (Å²) in [5.74, 6) is -0.173. The van der Waals surface area contributed by atoms with Gasteiger partial charge in [0.05, 0.1) is 32.7 Å². The van der Waals surface area contributed by atoms with Crippen molar-refractivity contribution in [2.75, 3.05) is 26.4 Å². The highest BCUT2D eigenvalue weighted by Crippen LogP contribution is 2.36. The van der Waals surface area contributed by atoms with E-state index in [0.29, 0.717) is 26.2 Å². The maximum absolute atomic E-state index is 12.9. The molecule has 32 heavy (non-hydrogen) atoms. The molecule has 2 atom stereocenters. The van der Waals surface area contributed by atoms with E-state index in [0.717, 1.165) is 22.1 Å². The molecular weight excluding hydrogens is 410 g/mol. The SMILES string of the molecule is O=C(NCc1ccccc1)C1=CC(c2coc3ccccc23)CC(OCCOCCO)O1. The zero-order chi connectivity index (χ0) is 22.2. The summed E-state index contributed by atoms with van der Waals surface area (Å²) in [4.78, 5) is 12.9. The molecule has 0 aliphatic carbocycles. The summed E-state index contributed by atoms with van der Waals surface area (Å²) in [7, 11) is 0. The van der Waals surface area contributed by atoms with E-state index in [4.69, 9.17) is 23.7 Å². The molecule has 4 rings (SSSR count). The molecule has 7 heteroatoms. The second kappa shape index (κ2) is 10.9. The van der Waals surface area contributed by atoms with Crippen LogP contribution in [0.3, 0.4) is 0 Å². The molecule has 0 spiro atoms. The zero-order valence-corrected chi connectivity index (χ0v) is 17.7. The number of allylic oxidation sites excluding steroid dienone is 1. The van der Waals surface area contributed by atoms with Crippen molar-refractivity contribution in [3.8, 4) is 0 Å². The first-order valence-corrected chi connectivity index (χ1v) is 10.7. The van der Waals surface area contributed by atoms with E-state index >= 15 is 0 Å². The molecule has 1 amide bonds. The number of rotatable bonds is 10. The fraction of sp³-hybridized carbons (Fsp3) is 0.320. The number of furan rings is 1. The summed E-state index contributed by atoms with van der Waals surface area (Å²) in [5, 5.41) is 12.7. The Labute approximate surface area is 186 Å². The summed E-state index contributed by atoms with van der Waals surface area (Å²) in [6.45, 7) is 1.25. The van der Waals surface area contributed by atoms with Gasteiger partial charge in [0.15, 0.2) is 5.76 Å². The standard InChI is InChI=1S/C25H27NO6/c27-10-11-29-12-13-30-24-15-19(21-17-31-22-9-5-4-8-20(21)22)14-23(32-24)25(28)26-16-18-6-2-1-3-7-18/h1-9,14,17,19,24,27H,10-13,15-16H2,(H,26,28). The van der Waals surface area contributed by atoms with Crippen molar-refractivity contribution in [1.29, 1.82) is 0 Å². The average Bonchev–Trinajstić information content (AvgIpc) is 3.27. The number of ether oxygens (including phenoxy) is 3. The van der Waals surface area contributed by atoms with Crippen molar-refractivity contribution in [2.24, 2.45) is 0 Å². The third-order valence-corrected chi connectivity index (χ3v) is 5.25. The molecule has 0 saturated carbocycles. The fourth-order valence-electron chi connectivity index (χ4n) is 3.69. The van der Waals surface area contributed by atoms with Gasteiger partial charge in [0.25, 0.3) is 5.91 Å². The Morgan fingerprint density at radius 1 is 1.06 bits per heavy atom. The van der Waals surface area contributed by atoms with Gasteiger partial charge < -0.3 is 29.1 Å². The smallest absolute Gasteiger partial charge is 0.286 e. The Balaban J connectivity index is 1.49. The lowest BCUT2D eigenvalue weighted by Gasteiger charge is -2.29. The third kappa shape index (κ3) is 5.56. The molecule has 1 aliphatic heterocycles. The van der Waals surface area contributed by atoms with E-state index in [9.17, 15) is 4.79 Å². The number of amides is 1. The highest BCUT2D eigenvalue weighted by molar-refractivity contribution is 5.92. The Bertz CT molecular complexity index is 1040. The molecular formula is C25H27NO6. The van der Waals surface area contributed by atoms with Crippen LogP contribution >= 0.6 is 0 Å². The zero-order valence-electron chi connectivity index (χ0n) is 17.7. The van der Waals surface area contributed by atoms with Gasteiger partial charge in [-0.05, 0) is 17.7 Å². The maximum atomic E-state index is 12.9. The van der Waals surface area contributed by atoms with Crippen LogP contribution in [-0.2, 0) is 25.5 Å². The van der Waals surface area contributed by atoms with Gasteiger partial charge in [-0.25, -0.2) is 0 Å². The molecule has 3 aromatic rings. The molecule has 1 aliphatic rings. The van der Waals surface area contributed by atoms with Gasteiger partial charge >= 0.3 is 0 Å². The molecule has 7 nitrogen and oxygen atoms in total. The number of hydrogen-bond acceptors (Lipinski definition) is 6. The summed E-state index contributed by atoms with van der Waals surface area (Å²) in [5.41, 5.74) is 2.79. The monoisotopic (exact) mass is 437 g/mol. The topological polar surface area (TPSA) is 90.2 Å². The van der Waals surface area contributed by atoms with Gasteiger partial charge in [-0.3, -0.25) is 4.79 Å². The Morgan fingerprint density at radius 3 is 2.72 bits per heavy atom. The first-order valence-electron chi connectivity index (χ1n) is 10.7. The lowest BCUT2D eigenvalue weighted by atomic mass is 9.92. The van der Waals surface area contributed by atoms with Crippen LogP contribution in [0.1, 0.15) is 23.5 Å². The molecule has 1 aromatic heterocycles. The van der Waals surface area contributed by atoms with Crippen LogP contribution < -0.4 is 5.32 Å². The van der Waals surface area contributed by atoms with E-state index in [-0.39, 0.29) is 30.8 Å². The van der Waals surface area contributed by atoms with Crippen LogP contribution in [0.2, 0.25) is 0 Å².